The maximum Gasteiger partial charge on any atom is 1.00 e. The SMILES string of the molecule is CN(C(=O)/C=C/c1ccccc1)C(=O)Nc1ccccc1CC(=O)NC1C(=O)N2C(C(=O)[O-])=C(CSc3nc4ccccc4o3)CS[C@H]12.[Na+]. The molecule has 0 bridgehead atoms. The monoisotopic (exact) mass is 705 g/mol. The number of carboxylic acids is 1. The predicted octanol–water partition coefficient (Wildman–Crippen LogP) is 0.274. The molecule has 2 atom stereocenters. The number of carbonyl (C=O) groups is 5. The van der Waals surface area contributed by atoms with Crippen molar-refractivity contribution in [3.63, 3.8) is 0 Å². The van der Waals surface area contributed by atoms with E-state index in [0.717, 1.165) is 15.4 Å². The number of anilines is 1. The summed E-state index contributed by atoms with van der Waals surface area (Å²) in [5.41, 5.74) is 3.16. The number of carbonyl (C=O) groups excluding carboxylic acids is 5. The second-order valence-corrected chi connectivity index (χ2v) is 12.9. The molecule has 1 saturated heterocycles. The minimum atomic E-state index is -1.48. The van der Waals surface area contributed by atoms with Crippen LogP contribution in [0.3, 0.4) is 0 Å². The Bertz CT molecular complexity index is 1950. The number of urea groups is 1. The molecule has 4 aromatic rings. The van der Waals surface area contributed by atoms with Gasteiger partial charge in [0.2, 0.25) is 5.91 Å². The molecule has 15 heteroatoms. The van der Waals surface area contributed by atoms with Crippen molar-refractivity contribution in [1.82, 2.24) is 20.1 Å². The standard InChI is InChI=1S/C34H29N5O7S2.Na/c1-38(27(41)16-15-20-9-3-2-4-10-20)33(45)35-23-12-6-5-11-21(23)17-26(40)37-28-30(42)39-29(32(43)44)22(18-47-31(28)39)19-48-34-36-24-13-7-8-14-25(24)46-34;/h2-16,28,31H,17-19H2,1H3,(H,35,45)(H,37,40)(H,43,44);/q;+1/p-1/b16-15+;/t28?,31-;/m1./s1. The number of fused-ring (bicyclic) bond motifs is 2. The van der Waals surface area contributed by atoms with Gasteiger partial charge in [-0.1, -0.05) is 72.4 Å². The number of para-hydroxylation sites is 3. The maximum absolute atomic E-state index is 13.2. The number of oxazole rings is 1. The fourth-order valence-corrected chi connectivity index (χ4v) is 7.50. The van der Waals surface area contributed by atoms with E-state index in [2.05, 4.69) is 15.6 Å². The first-order chi connectivity index (χ1) is 23.2. The zero-order valence-electron chi connectivity index (χ0n) is 26.5. The molecule has 0 saturated carbocycles. The van der Waals surface area contributed by atoms with Crippen molar-refractivity contribution < 1.29 is 63.1 Å². The second-order valence-electron chi connectivity index (χ2n) is 10.8. The fourth-order valence-electron chi connectivity index (χ4n) is 5.18. The molecule has 2 N–H and O–H groups in total. The molecule has 1 fully saturated rings. The van der Waals surface area contributed by atoms with Crippen LogP contribution in [0, 0.1) is 0 Å². The first-order valence-electron chi connectivity index (χ1n) is 14.7. The topological polar surface area (TPSA) is 165 Å². The first kappa shape index (κ1) is 36.0. The number of benzene rings is 3. The van der Waals surface area contributed by atoms with Crippen molar-refractivity contribution in [3.8, 4) is 0 Å². The number of imide groups is 1. The summed E-state index contributed by atoms with van der Waals surface area (Å²) in [5, 5.41) is 17.3. The van der Waals surface area contributed by atoms with Crippen molar-refractivity contribution in [3.05, 3.63) is 107 Å². The number of aromatic nitrogens is 1. The summed E-state index contributed by atoms with van der Waals surface area (Å²) >= 11 is 2.56. The quantitative estimate of drug-likeness (QED) is 0.101. The van der Waals surface area contributed by atoms with Gasteiger partial charge in [-0.2, -0.15) is 0 Å². The normalized spacial score (nSPS) is 16.8. The van der Waals surface area contributed by atoms with Crippen molar-refractivity contribution in [2.24, 2.45) is 0 Å². The van der Waals surface area contributed by atoms with Crippen LogP contribution in [0.2, 0.25) is 0 Å². The summed E-state index contributed by atoms with van der Waals surface area (Å²) in [4.78, 5) is 70.3. The summed E-state index contributed by atoms with van der Waals surface area (Å²) in [7, 11) is 1.34. The Morgan fingerprint density at radius 3 is 2.53 bits per heavy atom. The van der Waals surface area contributed by atoms with Gasteiger partial charge in [0.05, 0.1) is 18.1 Å². The first-order valence-corrected chi connectivity index (χ1v) is 16.8. The van der Waals surface area contributed by atoms with Gasteiger partial charge in [0.25, 0.3) is 17.0 Å². The van der Waals surface area contributed by atoms with Crippen LogP contribution >= 0.6 is 23.5 Å². The number of β-lactam (4-membered cyclic amide) rings is 1. The van der Waals surface area contributed by atoms with E-state index >= 15 is 0 Å². The Morgan fingerprint density at radius 2 is 1.78 bits per heavy atom. The van der Waals surface area contributed by atoms with Crippen LogP contribution in [-0.2, 0) is 25.6 Å². The number of carboxylic acid groups (broad SMARTS) is 1. The number of amides is 5. The Kier molecular flexibility index (Phi) is 11.7. The van der Waals surface area contributed by atoms with Crippen LogP contribution in [0.15, 0.2) is 106 Å². The summed E-state index contributed by atoms with van der Waals surface area (Å²) in [6.07, 6.45) is 2.71. The third-order valence-electron chi connectivity index (χ3n) is 7.66. The smallest absolute Gasteiger partial charge is 0.543 e. The van der Waals surface area contributed by atoms with Crippen LogP contribution in [-0.4, -0.2) is 74.5 Å². The Labute approximate surface area is 311 Å². The van der Waals surface area contributed by atoms with Gasteiger partial charge in [-0.25, -0.2) is 9.78 Å². The molecule has 12 nitrogen and oxygen atoms in total. The average molecular weight is 706 g/mol. The number of hydrogen-bond donors (Lipinski definition) is 2. The molecule has 244 valence electrons. The minimum Gasteiger partial charge on any atom is -0.543 e. The molecular formula is C34H28N5NaO7S2. The van der Waals surface area contributed by atoms with Gasteiger partial charge in [0.15, 0.2) is 5.58 Å². The summed E-state index contributed by atoms with van der Waals surface area (Å²) < 4.78 is 5.71. The van der Waals surface area contributed by atoms with E-state index < -0.39 is 41.1 Å². The molecule has 2 aliphatic rings. The Hall–Kier alpha value is -4.34. The van der Waals surface area contributed by atoms with E-state index in [9.17, 15) is 29.1 Å². The molecule has 6 rings (SSSR count). The van der Waals surface area contributed by atoms with Crippen molar-refractivity contribution in [1.29, 1.82) is 0 Å². The molecule has 5 amide bonds. The number of thioether (sulfide) groups is 2. The summed E-state index contributed by atoms with van der Waals surface area (Å²) in [6, 6.07) is 21.4. The molecule has 1 aromatic heterocycles. The summed E-state index contributed by atoms with van der Waals surface area (Å²) in [6.45, 7) is 0. The number of hydrogen-bond acceptors (Lipinski definition) is 10. The zero-order chi connectivity index (χ0) is 33.8. The van der Waals surface area contributed by atoms with E-state index in [1.807, 2.05) is 48.5 Å². The molecule has 3 aromatic carbocycles. The van der Waals surface area contributed by atoms with Gasteiger partial charge < -0.3 is 25.0 Å². The van der Waals surface area contributed by atoms with Gasteiger partial charge in [-0.05, 0) is 41.0 Å². The van der Waals surface area contributed by atoms with Gasteiger partial charge in [0, 0.05) is 30.3 Å². The van der Waals surface area contributed by atoms with Crippen LogP contribution in [0.5, 0.6) is 0 Å². The number of likely N-dealkylation sites (N-methyl/N-ethyl adjacent to an activating group) is 1. The molecule has 2 aliphatic heterocycles. The molecule has 1 unspecified atom stereocenters. The molecular weight excluding hydrogens is 678 g/mol. The molecule has 0 spiro atoms. The largest absolute Gasteiger partial charge is 1.00 e. The summed E-state index contributed by atoms with van der Waals surface area (Å²) in [5.74, 6) is -2.54. The van der Waals surface area contributed by atoms with Gasteiger partial charge in [-0.15, -0.1) is 11.8 Å². The van der Waals surface area contributed by atoms with Gasteiger partial charge in [-0.3, -0.25) is 24.2 Å². The van der Waals surface area contributed by atoms with Crippen molar-refractivity contribution >= 4 is 76.1 Å². The van der Waals surface area contributed by atoms with E-state index in [1.54, 1.807) is 36.4 Å². The van der Waals surface area contributed by atoms with Crippen LogP contribution in [0.1, 0.15) is 11.1 Å². The van der Waals surface area contributed by atoms with E-state index in [-0.39, 0.29) is 47.4 Å². The zero-order valence-corrected chi connectivity index (χ0v) is 30.1. The number of aliphatic carboxylic acids is 1. The van der Waals surface area contributed by atoms with Crippen LogP contribution in [0.25, 0.3) is 17.2 Å². The fraction of sp³-hybridized carbons (Fsp3) is 0.176. The van der Waals surface area contributed by atoms with Crippen molar-refractivity contribution in [2.75, 3.05) is 23.9 Å². The van der Waals surface area contributed by atoms with Crippen LogP contribution < -0.4 is 45.3 Å². The maximum atomic E-state index is 13.2. The number of nitrogens with one attached hydrogen (secondary N) is 2. The van der Waals surface area contributed by atoms with Crippen molar-refractivity contribution in [2.45, 2.75) is 23.1 Å². The Morgan fingerprint density at radius 1 is 1.06 bits per heavy atom. The predicted molar refractivity (Wildman–Crippen MR) is 179 cm³/mol. The van der Waals surface area contributed by atoms with E-state index in [0.29, 0.717) is 38.9 Å². The van der Waals surface area contributed by atoms with Gasteiger partial charge in [0.1, 0.15) is 16.9 Å². The number of nitrogens with zero attached hydrogens (tertiary/aromatic N) is 3. The Balaban J connectivity index is 0.00000468. The van der Waals surface area contributed by atoms with E-state index in [1.165, 1.54) is 36.6 Å². The van der Waals surface area contributed by atoms with Crippen LogP contribution in [0.4, 0.5) is 10.5 Å². The number of rotatable bonds is 10. The third kappa shape index (κ3) is 8.11. The second kappa shape index (κ2) is 15.9. The molecule has 0 aliphatic carbocycles. The molecule has 3 heterocycles. The minimum absolute atomic E-state index is 0. The molecule has 49 heavy (non-hydrogen) atoms. The van der Waals surface area contributed by atoms with E-state index in [4.69, 9.17) is 4.42 Å². The third-order valence-corrected chi connectivity index (χ3v) is 9.92. The van der Waals surface area contributed by atoms with Gasteiger partial charge >= 0.3 is 35.6 Å². The average Bonchev–Trinajstić information content (AvgIpc) is 3.52. The molecule has 0 radical (unpaired) electrons.